The van der Waals surface area contributed by atoms with Gasteiger partial charge in [0.2, 0.25) is 0 Å². The lowest BCUT2D eigenvalue weighted by Gasteiger charge is -2.30. The van der Waals surface area contributed by atoms with Crippen LogP contribution in [0.1, 0.15) is 26.3 Å². The molecule has 1 unspecified atom stereocenters. The minimum Gasteiger partial charge on any atom is -0.390 e. The van der Waals surface area contributed by atoms with E-state index < -0.39 is 23.3 Å². The molecule has 0 saturated heterocycles. The third-order valence-corrected chi connectivity index (χ3v) is 2.73. The quantitative estimate of drug-likeness (QED) is 0.863. The van der Waals surface area contributed by atoms with E-state index in [9.17, 15) is 13.9 Å². The van der Waals surface area contributed by atoms with Crippen molar-refractivity contribution in [1.82, 2.24) is 0 Å². The highest BCUT2D eigenvalue weighted by Crippen LogP contribution is 2.19. The molecule has 0 amide bonds. The molecule has 0 heterocycles. The second kappa shape index (κ2) is 5.56. The molecule has 0 aromatic heterocycles. The van der Waals surface area contributed by atoms with Crippen molar-refractivity contribution >= 4 is 0 Å². The predicted molar refractivity (Wildman–Crippen MR) is 61.8 cm³/mol. The first-order chi connectivity index (χ1) is 7.86. The largest absolute Gasteiger partial charge is 0.390 e. The molecule has 1 N–H and O–H groups in total. The Morgan fingerprint density at radius 1 is 1.29 bits per heavy atom. The summed E-state index contributed by atoms with van der Waals surface area (Å²) in [4.78, 5) is 0. The van der Waals surface area contributed by atoms with Crippen LogP contribution < -0.4 is 0 Å². The summed E-state index contributed by atoms with van der Waals surface area (Å²) in [5, 5.41) is 9.98. The molecule has 0 saturated carbocycles. The van der Waals surface area contributed by atoms with Crippen LogP contribution in [0.5, 0.6) is 0 Å². The summed E-state index contributed by atoms with van der Waals surface area (Å²) in [6.07, 6.45) is -0.545. The highest BCUT2D eigenvalue weighted by Gasteiger charge is 2.28. The zero-order valence-corrected chi connectivity index (χ0v) is 10.3. The average molecular weight is 244 g/mol. The second-order valence-corrected chi connectivity index (χ2v) is 4.50. The molecule has 0 aliphatic rings. The molecule has 0 aliphatic carbocycles. The Bertz CT molecular complexity index is 378. The molecular formula is C13H18F2O2. The van der Waals surface area contributed by atoms with Gasteiger partial charge in [-0.05, 0) is 38.5 Å². The Labute approximate surface area is 100 Å². The van der Waals surface area contributed by atoms with Gasteiger partial charge in [-0.3, -0.25) is 0 Å². The molecule has 4 heteroatoms. The first-order valence-corrected chi connectivity index (χ1v) is 5.62. The number of aliphatic hydroxyl groups is 1. The number of benzene rings is 1. The lowest BCUT2D eigenvalue weighted by Crippen LogP contribution is -2.40. The topological polar surface area (TPSA) is 29.5 Å². The Hall–Kier alpha value is -1.00. The normalized spacial score (nSPS) is 13.8. The number of ether oxygens (including phenoxy) is 1. The molecule has 1 rings (SSSR count). The average Bonchev–Trinajstić information content (AvgIpc) is 2.23. The van der Waals surface area contributed by atoms with Crippen LogP contribution in [0.2, 0.25) is 0 Å². The van der Waals surface area contributed by atoms with E-state index in [1.807, 2.05) is 6.92 Å². The van der Waals surface area contributed by atoms with Gasteiger partial charge in [-0.15, -0.1) is 0 Å². The zero-order chi connectivity index (χ0) is 13.1. The fourth-order valence-electron chi connectivity index (χ4n) is 1.60. The molecule has 0 bridgehead atoms. The minimum atomic E-state index is -0.899. The summed E-state index contributed by atoms with van der Waals surface area (Å²) in [6.45, 7) is 5.86. The minimum absolute atomic E-state index is 0.226. The molecule has 1 aromatic rings. The van der Waals surface area contributed by atoms with Gasteiger partial charge in [-0.25, -0.2) is 8.78 Å². The van der Waals surface area contributed by atoms with E-state index in [1.165, 1.54) is 6.07 Å². The Balaban J connectivity index is 2.73. The van der Waals surface area contributed by atoms with Crippen molar-refractivity contribution < 1.29 is 18.6 Å². The van der Waals surface area contributed by atoms with Crippen molar-refractivity contribution in [1.29, 1.82) is 0 Å². The van der Waals surface area contributed by atoms with Crippen molar-refractivity contribution in [2.24, 2.45) is 0 Å². The van der Waals surface area contributed by atoms with E-state index in [0.29, 0.717) is 12.2 Å². The first-order valence-electron chi connectivity index (χ1n) is 5.62. The maximum Gasteiger partial charge on any atom is 0.159 e. The van der Waals surface area contributed by atoms with E-state index in [-0.39, 0.29) is 6.42 Å². The highest BCUT2D eigenvalue weighted by molar-refractivity contribution is 5.19. The van der Waals surface area contributed by atoms with Crippen molar-refractivity contribution in [3.63, 3.8) is 0 Å². The number of hydrogen-bond acceptors (Lipinski definition) is 2. The van der Waals surface area contributed by atoms with Crippen LogP contribution in [0.4, 0.5) is 8.78 Å². The third kappa shape index (κ3) is 3.75. The summed E-state index contributed by atoms with van der Waals surface area (Å²) < 4.78 is 31.1. The molecule has 1 aromatic carbocycles. The maximum absolute atomic E-state index is 13.0. The van der Waals surface area contributed by atoms with Crippen LogP contribution in [0.3, 0.4) is 0 Å². The fourth-order valence-corrected chi connectivity index (χ4v) is 1.60. The van der Waals surface area contributed by atoms with Gasteiger partial charge in [0.1, 0.15) is 0 Å². The lowest BCUT2D eigenvalue weighted by atomic mass is 9.95. The van der Waals surface area contributed by atoms with E-state index >= 15 is 0 Å². The summed E-state index contributed by atoms with van der Waals surface area (Å²) in [7, 11) is 0. The Morgan fingerprint density at radius 3 is 2.47 bits per heavy atom. The maximum atomic E-state index is 13.0. The highest BCUT2D eigenvalue weighted by atomic mass is 19.2. The monoisotopic (exact) mass is 244 g/mol. The van der Waals surface area contributed by atoms with Crippen LogP contribution in [-0.2, 0) is 11.2 Å². The van der Waals surface area contributed by atoms with Crippen molar-refractivity contribution in [2.75, 3.05) is 6.61 Å². The smallest absolute Gasteiger partial charge is 0.159 e. The summed E-state index contributed by atoms with van der Waals surface area (Å²) in [5.74, 6) is -1.78. The molecule has 0 fully saturated rings. The van der Waals surface area contributed by atoms with E-state index in [2.05, 4.69) is 0 Å². The molecule has 1 atom stereocenters. The van der Waals surface area contributed by atoms with Crippen LogP contribution in [-0.4, -0.2) is 23.4 Å². The number of hydrogen-bond donors (Lipinski definition) is 1. The van der Waals surface area contributed by atoms with Crippen LogP contribution in [0, 0.1) is 11.6 Å². The van der Waals surface area contributed by atoms with Crippen LogP contribution >= 0.6 is 0 Å². The van der Waals surface area contributed by atoms with E-state index in [0.717, 1.165) is 12.1 Å². The fraction of sp³-hybridized carbons (Fsp3) is 0.538. The van der Waals surface area contributed by atoms with Gasteiger partial charge in [0.15, 0.2) is 11.6 Å². The molecule has 96 valence electrons. The Kier molecular flexibility index (Phi) is 4.60. The van der Waals surface area contributed by atoms with Gasteiger partial charge in [0.05, 0.1) is 11.7 Å². The molecule has 17 heavy (non-hydrogen) atoms. The number of rotatable bonds is 5. The van der Waals surface area contributed by atoms with Gasteiger partial charge in [-0.1, -0.05) is 6.07 Å². The molecule has 0 aliphatic heterocycles. The summed E-state index contributed by atoms with van der Waals surface area (Å²) in [5.41, 5.74) is -0.163. The van der Waals surface area contributed by atoms with Gasteiger partial charge in [0.25, 0.3) is 0 Å². The van der Waals surface area contributed by atoms with Crippen molar-refractivity contribution in [3.05, 3.63) is 35.4 Å². The van der Waals surface area contributed by atoms with E-state index in [1.54, 1.807) is 13.8 Å². The SMILES string of the molecule is CCOC(C)(C)C(O)Cc1ccc(F)c(F)c1. The number of aliphatic hydroxyl groups excluding tert-OH is 1. The van der Waals surface area contributed by atoms with Crippen molar-refractivity contribution in [3.8, 4) is 0 Å². The molecule has 0 spiro atoms. The van der Waals surface area contributed by atoms with Crippen LogP contribution in [0.25, 0.3) is 0 Å². The standard InChI is InChI=1S/C13H18F2O2/c1-4-17-13(2,3)12(16)8-9-5-6-10(14)11(15)7-9/h5-7,12,16H,4,8H2,1-3H3. The first kappa shape index (κ1) is 14.1. The van der Waals surface area contributed by atoms with E-state index in [4.69, 9.17) is 4.74 Å². The predicted octanol–water partition coefficient (Wildman–Crippen LogP) is 2.68. The molecular weight excluding hydrogens is 226 g/mol. The third-order valence-electron chi connectivity index (χ3n) is 2.73. The summed E-state index contributed by atoms with van der Waals surface area (Å²) in [6, 6.07) is 3.62. The van der Waals surface area contributed by atoms with Gasteiger partial charge >= 0.3 is 0 Å². The van der Waals surface area contributed by atoms with Gasteiger partial charge < -0.3 is 9.84 Å². The molecule has 2 nitrogen and oxygen atoms in total. The van der Waals surface area contributed by atoms with Gasteiger partial charge in [-0.2, -0.15) is 0 Å². The van der Waals surface area contributed by atoms with Crippen molar-refractivity contribution in [2.45, 2.75) is 38.9 Å². The molecule has 0 radical (unpaired) electrons. The Morgan fingerprint density at radius 2 is 1.94 bits per heavy atom. The number of halogens is 2. The lowest BCUT2D eigenvalue weighted by molar-refractivity contribution is -0.0955. The van der Waals surface area contributed by atoms with Crippen LogP contribution in [0.15, 0.2) is 18.2 Å². The second-order valence-electron chi connectivity index (χ2n) is 4.50. The summed E-state index contributed by atoms with van der Waals surface area (Å²) >= 11 is 0. The van der Waals surface area contributed by atoms with Gasteiger partial charge in [0, 0.05) is 13.0 Å². The zero-order valence-electron chi connectivity index (χ0n) is 10.3.